The minimum Gasteiger partial charge on any atom is -0.475 e. The van der Waals surface area contributed by atoms with Gasteiger partial charge in [0.1, 0.15) is 5.69 Å². The first-order valence-electron chi connectivity index (χ1n) is 10.2. The third kappa shape index (κ3) is 5.43. The second-order valence-electron chi connectivity index (χ2n) is 7.37. The van der Waals surface area contributed by atoms with Gasteiger partial charge in [0, 0.05) is 24.2 Å². The van der Waals surface area contributed by atoms with Crippen molar-refractivity contribution in [2.75, 3.05) is 5.32 Å². The lowest BCUT2D eigenvalue weighted by atomic mass is 10.1. The number of aromatic nitrogens is 2. The molecule has 0 spiro atoms. The molecule has 3 N–H and O–H groups in total. The maximum Gasteiger partial charge on any atom is 0.490 e. The average molecular weight is 499 g/mol. The summed E-state index contributed by atoms with van der Waals surface area (Å²) in [5, 5.41) is 11.7. The first kappa shape index (κ1) is 24.3. The van der Waals surface area contributed by atoms with Crippen LogP contribution in [0.5, 0.6) is 11.5 Å². The number of alkyl halides is 3. The predicted octanol–water partition coefficient (Wildman–Crippen LogP) is 3.96. The van der Waals surface area contributed by atoms with E-state index in [0.29, 0.717) is 11.5 Å². The van der Waals surface area contributed by atoms with Gasteiger partial charge in [-0.3, -0.25) is 14.6 Å². The topological polar surface area (TPSA) is 131 Å². The summed E-state index contributed by atoms with van der Waals surface area (Å²) in [6.45, 7) is 0. The first-order valence-corrected chi connectivity index (χ1v) is 10.2. The van der Waals surface area contributed by atoms with Gasteiger partial charge in [-0.2, -0.15) is 13.2 Å². The minimum atomic E-state index is -5.08. The van der Waals surface area contributed by atoms with Gasteiger partial charge in [-0.25, -0.2) is 4.79 Å². The second kappa shape index (κ2) is 9.78. The average Bonchev–Trinajstić information content (AvgIpc) is 3.27. The molecule has 0 radical (unpaired) electrons. The van der Waals surface area contributed by atoms with Crippen LogP contribution in [0.1, 0.15) is 0 Å². The largest absolute Gasteiger partial charge is 0.490 e. The number of halogens is 3. The molecule has 0 saturated heterocycles. The molecule has 1 aliphatic rings. The van der Waals surface area contributed by atoms with Crippen molar-refractivity contribution < 1.29 is 37.3 Å². The fourth-order valence-electron chi connectivity index (χ4n) is 3.22. The number of benzene rings is 2. The summed E-state index contributed by atoms with van der Waals surface area (Å²) < 4.78 is 43.0. The monoisotopic (exact) mass is 499 g/mol. The normalized spacial score (nSPS) is 12.5. The van der Waals surface area contributed by atoms with Crippen molar-refractivity contribution in [2.45, 2.75) is 12.5 Å². The van der Waals surface area contributed by atoms with E-state index in [1.807, 2.05) is 48.5 Å². The van der Waals surface area contributed by atoms with Crippen LogP contribution in [0.3, 0.4) is 0 Å². The number of nitrogens with zero attached hydrogens (tertiary/aromatic N) is 1. The first-order chi connectivity index (χ1) is 17.1. The number of H-pyrrole nitrogens is 1. The van der Waals surface area contributed by atoms with E-state index in [1.165, 1.54) is 0 Å². The molecule has 0 atom stereocenters. The zero-order valence-electron chi connectivity index (χ0n) is 18.1. The number of hydrogen-bond acceptors (Lipinski definition) is 6. The number of carbonyl (C=O) groups excluding carboxylic acids is 1. The fourth-order valence-corrected chi connectivity index (χ4v) is 3.22. The minimum absolute atomic E-state index is 0.109. The van der Waals surface area contributed by atoms with E-state index in [4.69, 9.17) is 19.4 Å². The van der Waals surface area contributed by atoms with Gasteiger partial charge in [0.25, 0.3) is 5.56 Å². The molecule has 0 unspecified atom stereocenters. The molecule has 4 aromatic rings. The zero-order chi connectivity index (χ0) is 25.9. The Morgan fingerprint density at radius 3 is 2.03 bits per heavy atom. The molecular weight excluding hydrogens is 483 g/mol. The number of pyridine rings is 2. The molecule has 5 rings (SSSR count). The molecule has 36 heavy (non-hydrogen) atoms. The highest BCUT2D eigenvalue weighted by atomic mass is 19.4. The van der Waals surface area contributed by atoms with Gasteiger partial charge in [-0.1, -0.05) is 24.3 Å². The SMILES string of the molecule is O=C(Nc1cc(-c2ccncc2)c[nH]c1=O)C1Oc2cc3ccccc3cc2O1.O=C(O)C(F)(F)F. The number of ether oxygens (including phenoxy) is 2. The Bertz CT molecular complexity index is 1440. The molecule has 2 aromatic heterocycles. The number of rotatable bonds is 3. The van der Waals surface area contributed by atoms with Crippen LogP contribution < -0.4 is 20.3 Å². The van der Waals surface area contributed by atoms with E-state index in [0.717, 1.165) is 21.9 Å². The number of fused-ring (bicyclic) bond motifs is 2. The van der Waals surface area contributed by atoms with Crippen LogP contribution in [-0.4, -0.2) is 39.4 Å². The van der Waals surface area contributed by atoms with Gasteiger partial charge in [0.2, 0.25) is 0 Å². The van der Waals surface area contributed by atoms with Crippen molar-refractivity contribution in [1.82, 2.24) is 9.97 Å². The molecule has 3 heterocycles. The summed E-state index contributed by atoms with van der Waals surface area (Å²) in [5.41, 5.74) is 1.29. The number of aromatic amines is 1. The van der Waals surface area contributed by atoms with Gasteiger partial charge in [-0.05, 0) is 46.7 Å². The van der Waals surface area contributed by atoms with Crippen LogP contribution in [0.25, 0.3) is 21.9 Å². The standard InChI is InChI=1S/C22H15N3O4.C2HF3O2/c26-20-17(9-16(12-24-20)13-5-7-23-8-6-13)25-21(27)22-28-18-10-14-3-1-2-4-15(14)11-19(18)29-22;3-2(4,5)1(6)7/h1-12,22H,(H,24,26)(H,25,27);(H,6,7). The van der Waals surface area contributed by atoms with Crippen LogP contribution >= 0.6 is 0 Å². The van der Waals surface area contributed by atoms with Crippen molar-refractivity contribution >= 4 is 28.3 Å². The number of nitrogens with one attached hydrogen (secondary N) is 2. The van der Waals surface area contributed by atoms with E-state index in [-0.39, 0.29) is 5.69 Å². The van der Waals surface area contributed by atoms with Gasteiger partial charge in [0.15, 0.2) is 11.5 Å². The van der Waals surface area contributed by atoms with Gasteiger partial charge < -0.3 is 24.9 Å². The Morgan fingerprint density at radius 2 is 1.50 bits per heavy atom. The third-order valence-corrected chi connectivity index (χ3v) is 4.91. The van der Waals surface area contributed by atoms with E-state index in [2.05, 4.69) is 15.3 Å². The summed E-state index contributed by atoms with van der Waals surface area (Å²) in [7, 11) is 0. The van der Waals surface area contributed by atoms with E-state index >= 15 is 0 Å². The Balaban J connectivity index is 0.000000384. The zero-order valence-corrected chi connectivity index (χ0v) is 18.1. The predicted molar refractivity (Wildman–Crippen MR) is 122 cm³/mol. The number of aliphatic carboxylic acids is 1. The summed E-state index contributed by atoms with van der Waals surface area (Å²) >= 11 is 0. The highest BCUT2D eigenvalue weighted by molar-refractivity contribution is 5.95. The molecule has 184 valence electrons. The van der Waals surface area contributed by atoms with Crippen LogP contribution in [0.15, 0.2) is 78.0 Å². The molecule has 0 aliphatic carbocycles. The second-order valence-corrected chi connectivity index (χ2v) is 7.37. The summed E-state index contributed by atoms with van der Waals surface area (Å²) in [6, 6.07) is 16.6. The van der Waals surface area contributed by atoms with Gasteiger partial charge >= 0.3 is 24.3 Å². The van der Waals surface area contributed by atoms with Crippen molar-refractivity contribution in [2.24, 2.45) is 0 Å². The van der Waals surface area contributed by atoms with Crippen LogP contribution in [0, 0.1) is 0 Å². The molecule has 9 nitrogen and oxygen atoms in total. The third-order valence-electron chi connectivity index (χ3n) is 4.91. The molecule has 0 bridgehead atoms. The van der Waals surface area contributed by atoms with Crippen molar-refractivity contribution in [1.29, 1.82) is 0 Å². The highest BCUT2D eigenvalue weighted by Gasteiger charge is 2.38. The molecule has 0 saturated carbocycles. The molecule has 0 fully saturated rings. The molecule has 2 aromatic carbocycles. The summed E-state index contributed by atoms with van der Waals surface area (Å²) in [6.07, 6.45) is -1.37. The van der Waals surface area contributed by atoms with E-state index in [9.17, 15) is 22.8 Å². The van der Waals surface area contributed by atoms with Crippen LogP contribution in [0.4, 0.5) is 18.9 Å². The van der Waals surface area contributed by atoms with Gasteiger partial charge in [-0.15, -0.1) is 0 Å². The number of carbonyl (C=O) groups is 2. The highest BCUT2D eigenvalue weighted by Crippen LogP contribution is 2.38. The molecule has 1 amide bonds. The molecular formula is C24H16F3N3O6. The number of amides is 1. The Hall–Kier alpha value is -4.87. The molecule has 12 heteroatoms. The van der Waals surface area contributed by atoms with Crippen molar-refractivity contribution in [3.63, 3.8) is 0 Å². The van der Waals surface area contributed by atoms with Gasteiger partial charge in [0.05, 0.1) is 0 Å². The maximum absolute atomic E-state index is 12.7. The summed E-state index contributed by atoms with van der Waals surface area (Å²) in [5.74, 6) is -2.35. The number of carboxylic acids is 1. The van der Waals surface area contributed by atoms with Crippen LogP contribution in [0.2, 0.25) is 0 Å². The van der Waals surface area contributed by atoms with Crippen molar-refractivity contribution in [3.8, 4) is 22.6 Å². The number of carboxylic acid groups (broad SMARTS) is 1. The Labute approximate surface area is 200 Å². The number of hydrogen-bond donors (Lipinski definition) is 3. The molecule has 1 aliphatic heterocycles. The maximum atomic E-state index is 12.7. The number of anilines is 1. The Kier molecular flexibility index (Phi) is 6.59. The van der Waals surface area contributed by atoms with E-state index in [1.54, 1.807) is 24.7 Å². The van der Waals surface area contributed by atoms with Crippen LogP contribution in [-0.2, 0) is 9.59 Å². The lowest BCUT2D eigenvalue weighted by Crippen LogP contribution is -2.36. The lowest BCUT2D eigenvalue weighted by molar-refractivity contribution is -0.192. The quantitative estimate of drug-likeness (QED) is 0.389. The van der Waals surface area contributed by atoms with Crippen molar-refractivity contribution in [3.05, 3.63) is 83.5 Å². The fraction of sp³-hybridized carbons (Fsp3) is 0.0833. The summed E-state index contributed by atoms with van der Waals surface area (Å²) in [4.78, 5) is 40.3. The Morgan fingerprint density at radius 1 is 0.944 bits per heavy atom. The van der Waals surface area contributed by atoms with E-state index < -0.39 is 29.9 Å². The smallest absolute Gasteiger partial charge is 0.475 e. The lowest BCUT2D eigenvalue weighted by Gasteiger charge is -2.11.